The van der Waals surface area contributed by atoms with Crippen LogP contribution in [0.1, 0.15) is 45.1 Å². The molecular formula is C23H31NO4. The van der Waals surface area contributed by atoms with Crippen molar-refractivity contribution >= 4 is 5.97 Å². The lowest BCUT2D eigenvalue weighted by atomic mass is 9.53. The summed E-state index contributed by atoms with van der Waals surface area (Å²) < 4.78 is 17.6. The van der Waals surface area contributed by atoms with Gasteiger partial charge in [0.25, 0.3) is 0 Å². The minimum Gasteiger partial charge on any atom is -0.497 e. The zero-order valence-electron chi connectivity index (χ0n) is 17.1. The largest absolute Gasteiger partial charge is 0.497 e. The lowest BCUT2D eigenvalue weighted by Gasteiger charge is -2.48. The summed E-state index contributed by atoms with van der Waals surface area (Å²) in [5.41, 5.74) is 1.32. The summed E-state index contributed by atoms with van der Waals surface area (Å²) in [7, 11) is 1.67. The van der Waals surface area contributed by atoms with Crippen molar-refractivity contribution in [2.75, 3.05) is 13.7 Å². The van der Waals surface area contributed by atoms with Gasteiger partial charge in [-0.15, -0.1) is 0 Å². The molecule has 2 aliphatic heterocycles. The van der Waals surface area contributed by atoms with Gasteiger partial charge in [0.2, 0.25) is 0 Å². The fourth-order valence-electron chi connectivity index (χ4n) is 6.58. The van der Waals surface area contributed by atoms with E-state index in [9.17, 15) is 4.79 Å². The Morgan fingerprint density at radius 2 is 2.07 bits per heavy atom. The smallest absolute Gasteiger partial charge is 0.311 e. The van der Waals surface area contributed by atoms with Gasteiger partial charge in [-0.25, -0.2) is 0 Å². The van der Waals surface area contributed by atoms with Crippen LogP contribution in [0.15, 0.2) is 24.3 Å². The number of benzene rings is 1. The molecule has 5 nitrogen and oxygen atoms in total. The van der Waals surface area contributed by atoms with Crippen LogP contribution in [-0.2, 0) is 20.8 Å². The molecule has 2 saturated carbocycles. The average molecular weight is 386 g/mol. The third-order valence-electron chi connectivity index (χ3n) is 8.05. The van der Waals surface area contributed by atoms with Crippen LogP contribution in [0.25, 0.3) is 0 Å². The molecule has 2 heterocycles. The molecule has 1 N–H and O–H groups in total. The van der Waals surface area contributed by atoms with Crippen LogP contribution >= 0.6 is 0 Å². The molecule has 0 amide bonds. The lowest BCUT2D eigenvalue weighted by molar-refractivity contribution is -0.146. The fourth-order valence-corrected chi connectivity index (χ4v) is 6.58. The van der Waals surface area contributed by atoms with Gasteiger partial charge in [0.15, 0.2) is 0 Å². The topological polar surface area (TPSA) is 60.1 Å². The SMILES string of the molecule is COc1ccc(CNCC2C(=O)OC3CC4(C)CCCC(C)C45OC5C32)cc1. The van der Waals surface area contributed by atoms with Gasteiger partial charge in [-0.2, -0.15) is 0 Å². The molecule has 0 aromatic heterocycles. The first-order chi connectivity index (χ1) is 13.5. The molecule has 0 bridgehead atoms. The minimum atomic E-state index is -0.105. The number of fused-ring (bicyclic) bond motifs is 2. The van der Waals surface area contributed by atoms with Crippen LogP contribution in [0.2, 0.25) is 0 Å². The number of esters is 1. The van der Waals surface area contributed by atoms with E-state index in [4.69, 9.17) is 14.2 Å². The zero-order chi connectivity index (χ0) is 19.5. The number of carbonyl (C=O) groups is 1. The Balaban J connectivity index is 1.27. The van der Waals surface area contributed by atoms with E-state index in [0.717, 1.165) is 18.7 Å². The number of ether oxygens (including phenoxy) is 3. The molecule has 1 spiro atoms. The molecule has 2 aliphatic carbocycles. The third-order valence-corrected chi connectivity index (χ3v) is 8.05. The number of epoxide rings is 1. The van der Waals surface area contributed by atoms with Crippen LogP contribution < -0.4 is 10.1 Å². The summed E-state index contributed by atoms with van der Waals surface area (Å²) in [4.78, 5) is 12.7. The highest BCUT2D eigenvalue weighted by molar-refractivity contribution is 5.76. The monoisotopic (exact) mass is 385 g/mol. The van der Waals surface area contributed by atoms with Gasteiger partial charge in [-0.3, -0.25) is 4.79 Å². The van der Waals surface area contributed by atoms with Gasteiger partial charge >= 0.3 is 5.97 Å². The van der Waals surface area contributed by atoms with Crippen molar-refractivity contribution in [3.63, 3.8) is 0 Å². The summed E-state index contributed by atoms with van der Waals surface area (Å²) in [5, 5.41) is 3.48. The van der Waals surface area contributed by atoms with Crippen molar-refractivity contribution in [2.45, 2.75) is 63.9 Å². The molecule has 0 radical (unpaired) electrons. The zero-order valence-corrected chi connectivity index (χ0v) is 17.1. The Morgan fingerprint density at radius 3 is 2.82 bits per heavy atom. The molecule has 1 aromatic rings. The number of hydrogen-bond acceptors (Lipinski definition) is 5. The first-order valence-electron chi connectivity index (χ1n) is 10.7. The number of methoxy groups -OCH3 is 1. The summed E-state index contributed by atoms with van der Waals surface area (Å²) in [6, 6.07) is 8.03. The highest BCUT2D eigenvalue weighted by Crippen LogP contribution is 2.70. The Labute approximate surface area is 167 Å². The highest BCUT2D eigenvalue weighted by Gasteiger charge is 2.78. The number of rotatable bonds is 5. The van der Waals surface area contributed by atoms with Gasteiger partial charge in [0.1, 0.15) is 17.5 Å². The van der Waals surface area contributed by atoms with Crippen LogP contribution in [-0.4, -0.2) is 37.4 Å². The van der Waals surface area contributed by atoms with Gasteiger partial charge in [0.05, 0.1) is 19.1 Å². The van der Waals surface area contributed by atoms with E-state index in [1.807, 2.05) is 12.1 Å². The highest BCUT2D eigenvalue weighted by atomic mass is 16.6. The second-order valence-corrected chi connectivity index (χ2v) is 9.53. The van der Waals surface area contributed by atoms with Crippen molar-refractivity contribution < 1.29 is 19.0 Å². The quantitative estimate of drug-likeness (QED) is 0.622. The minimum absolute atomic E-state index is 0.0192. The molecule has 2 saturated heterocycles. The second-order valence-electron chi connectivity index (χ2n) is 9.53. The molecule has 7 atom stereocenters. The number of hydrogen-bond donors (Lipinski definition) is 1. The van der Waals surface area contributed by atoms with Gasteiger partial charge in [-0.05, 0) is 42.9 Å². The van der Waals surface area contributed by atoms with E-state index >= 15 is 0 Å². The van der Waals surface area contributed by atoms with Crippen molar-refractivity contribution in [3.05, 3.63) is 29.8 Å². The Bertz CT molecular complexity index is 764. The summed E-state index contributed by atoms with van der Waals surface area (Å²) >= 11 is 0. The summed E-state index contributed by atoms with van der Waals surface area (Å²) in [6.07, 6.45) is 4.85. The summed E-state index contributed by atoms with van der Waals surface area (Å²) in [6.45, 7) is 6.08. The number of carbonyl (C=O) groups excluding carboxylic acids is 1. The molecular weight excluding hydrogens is 354 g/mol. The predicted octanol–water partition coefficient (Wildman–Crippen LogP) is 3.31. The van der Waals surface area contributed by atoms with Crippen LogP contribution in [0, 0.1) is 23.2 Å². The van der Waals surface area contributed by atoms with Gasteiger partial charge in [-0.1, -0.05) is 32.4 Å². The van der Waals surface area contributed by atoms with Crippen molar-refractivity contribution in [3.8, 4) is 5.75 Å². The maximum atomic E-state index is 12.7. The second kappa shape index (κ2) is 6.46. The van der Waals surface area contributed by atoms with E-state index in [1.165, 1.54) is 24.8 Å². The van der Waals surface area contributed by atoms with E-state index in [2.05, 4.69) is 31.3 Å². The fraction of sp³-hybridized carbons (Fsp3) is 0.696. The predicted molar refractivity (Wildman–Crippen MR) is 105 cm³/mol. The first kappa shape index (κ1) is 18.4. The van der Waals surface area contributed by atoms with Crippen LogP contribution in [0.5, 0.6) is 5.75 Å². The molecule has 4 aliphatic rings. The Kier molecular flexibility index (Phi) is 4.25. The maximum Gasteiger partial charge on any atom is 0.311 e. The standard InChI is InChI=1S/C23H31NO4/c1-14-5-4-10-22(2)11-18-19(20-23(14,22)28-20)17(21(25)27-18)13-24-12-15-6-8-16(26-3)9-7-15/h6-9,14,17-20,24H,4-5,10-13H2,1-3H3. The van der Waals surface area contributed by atoms with E-state index < -0.39 is 0 Å². The van der Waals surface area contributed by atoms with Gasteiger partial charge < -0.3 is 19.5 Å². The number of nitrogens with one attached hydrogen (secondary N) is 1. The summed E-state index contributed by atoms with van der Waals surface area (Å²) in [5.74, 6) is 1.48. The van der Waals surface area contributed by atoms with Crippen LogP contribution in [0.3, 0.4) is 0 Å². The Morgan fingerprint density at radius 1 is 1.29 bits per heavy atom. The first-order valence-corrected chi connectivity index (χ1v) is 10.7. The van der Waals surface area contributed by atoms with Crippen molar-refractivity contribution in [2.24, 2.45) is 23.2 Å². The molecule has 5 rings (SSSR count). The van der Waals surface area contributed by atoms with Crippen molar-refractivity contribution in [1.82, 2.24) is 5.32 Å². The average Bonchev–Trinajstić information content (AvgIpc) is 3.36. The molecule has 1 aromatic carbocycles. The molecule has 4 fully saturated rings. The third kappa shape index (κ3) is 2.55. The van der Waals surface area contributed by atoms with E-state index in [0.29, 0.717) is 12.5 Å². The van der Waals surface area contributed by atoms with Crippen molar-refractivity contribution in [1.29, 1.82) is 0 Å². The van der Waals surface area contributed by atoms with Crippen LogP contribution in [0.4, 0.5) is 0 Å². The molecule has 5 heteroatoms. The molecule has 152 valence electrons. The lowest BCUT2D eigenvalue weighted by Crippen LogP contribution is -2.54. The van der Waals surface area contributed by atoms with E-state index in [1.54, 1.807) is 7.11 Å². The normalized spacial score (nSPS) is 43.5. The molecule has 28 heavy (non-hydrogen) atoms. The Hall–Kier alpha value is -1.59. The van der Waals surface area contributed by atoms with E-state index in [-0.39, 0.29) is 41.0 Å². The van der Waals surface area contributed by atoms with Gasteiger partial charge in [0, 0.05) is 24.4 Å². The molecule has 7 unspecified atom stereocenters. The maximum absolute atomic E-state index is 12.7.